The summed E-state index contributed by atoms with van der Waals surface area (Å²) in [5.74, 6) is 0.950. The van der Waals surface area contributed by atoms with E-state index in [9.17, 15) is 0 Å². The van der Waals surface area contributed by atoms with Crippen molar-refractivity contribution in [3.05, 3.63) is 77.4 Å². The SMILES string of the molecule is CCCCCCCCC1(CCCCCCCC)c2cc(C)ccc2-c2ccc(-c3ccc(OCC)cc3)cc21. The van der Waals surface area contributed by atoms with Gasteiger partial charge in [-0.2, -0.15) is 0 Å². The smallest absolute Gasteiger partial charge is 0.119 e. The molecule has 0 bridgehead atoms. The number of benzene rings is 3. The van der Waals surface area contributed by atoms with Crippen molar-refractivity contribution < 1.29 is 4.74 Å². The van der Waals surface area contributed by atoms with Gasteiger partial charge >= 0.3 is 0 Å². The highest BCUT2D eigenvalue weighted by Crippen LogP contribution is 2.55. The van der Waals surface area contributed by atoms with E-state index in [1.54, 1.807) is 11.1 Å². The summed E-state index contributed by atoms with van der Waals surface area (Å²) in [5.41, 5.74) is 10.3. The van der Waals surface area contributed by atoms with E-state index in [-0.39, 0.29) is 5.41 Å². The summed E-state index contributed by atoms with van der Waals surface area (Å²) in [6.07, 6.45) is 18.8. The summed E-state index contributed by atoms with van der Waals surface area (Å²) < 4.78 is 5.72. The molecule has 0 saturated heterocycles. The number of unbranched alkanes of at least 4 members (excludes halogenated alkanes) is 10. The van der Waals surface area contributed by atoms with E-state index in [4.69, 9.17) is 4.74 Å². The molecule has 3 aromatic rings. The molecule has 39 heavy (non-hydrogen) atoms. The molecule has 1 heteroatoms. The molecule has 210 valence electrons. The number of rotatable bonds is 17. The van der Waals surface area contributed by atoms with Crippen LogP contribution in [0.1, 0.15) is 127 Å². The predicted octanol–water partition coefficient (Wildman–Crippen LogP) is 11.8. The third-order valence-electron chi connectivity index (χ3n) is 8.93. The summed E-state index contributed by atoms with van der Waals surface area (Å²) in [5, 5.41) is 0. The summed E-state index contributed by atoms with van der Waals surface area (Å²) in [6.45, 7) is 9.64. The average Bonchev–Trinajstić information content (AvgIpc) is 3.21. The Morgan fingerprint density at radius 3 is 1.64 bits per heavy atom. The molecule has 0 heterocycles. The van der Waals surface area contributed by atoms with Crippen molar-refractivity contribution in [2.45, 2.75) is 123 Å². The van der Waals surface area contributed by atoms with Crippen molar-refractivity contribution >= 4 is 0 Å². The van der Waals surface area contributed by atoms with Crippen LogP contribution in [-0.2, 0) is 5.41 Å². The van der Waals surface area contributed by atoms with E-state index >= 15 is 0 Å². The van der Waals surface area contributed by atoms with Crippen molar-refractivity contribution in [2.75, 3.05) is 6.61 Å². The molecule has 0 aliphatic heterocycles. The van der Waals surface area contributed by atoms with Gasteiger partial charge in [0.25, 0.3) is 0 Å². The molecule has 0 aromatic heterocycles. The van der Waals surface area contributed by atoms with Gasteiger partial charge in [-0.3, -0.25) is 0 Å². The lowest BCUT2D eigenvalue weighted by molar-refractivity contribution is 0.340. The van der Waals surface area contributed by atoms with E-state index in [2.05, 4.69) is 81.4 Å². The van der Waals surface area contributed by atoms with Crippen molar-refractivity contribution in [1.29, 1.82) is 0 Å². The lowest BCUT2D eigenvalue weighted by Gasteiger charge is -2.33. The van der Waals surface area contributed by atoms with Gasteiger partial charge in [-0.25, -0.2) is 0 Å². The molecule has 0 fully saturated rings. The second-order valence-corrected chi connectivity index (χ2v) is 11.9. The number of hydrogen-bond donors (Lipinski definition) is 0. The van der Waals surface area contributed by atoms with E-state index < -0.39 is 0 Å². The molecule has 0 amide bonds. The van der Waals surface area contributed by atoms with Crippen LogP contribution in [0.15, 0.2) is 60.7 Å². The number of fused-ring (bicyclic) bond motifs is 3. The van der Waals surface area contributed by atoms with Crippen LogP contribution in [0.3, 0.4) is 0 Å². The third kappa shape index (κ3) is 7.16. The highest BCUT2D eigenvalue weighted by Gasteiger charge is 2.42. The van der Waals surface area contributed by atoms with Crippen molar-refractivity contribution in [1.82, 2.24) is 0 Å². The Hall–Kier alpha value is -2.54. The monoisotopic (exact) mass is 524 g/mol. The fourth-order valence-electron chi connectivity index (χ4n) is 6.78. The maximum absolute atomic E-state index is 5.72. The molecule has 4 rings (SSSR count). The fourth-order valence-corrected chi connectivity index (χ4v) is 6.78. The molecule has 0 unspecified atom stereocenters. The van der Waals surface area contributed by atoms with Crippen molar-refractivity contribution in [3.63, 3.8) is 0 Å². The first kappa shape index (κ1) is 29.4. The van der Waals surface area contributed by atoms with Crippen LogP contribution in [0.4, 0.5) is 0 Å². The molecular formula is C38H52O. The Bertz CT molecular complexity index is 1140. The second-order valence-electron chi connectivity index (χ2n) is 11.9. The van der Waals surface area contributed by atoms with Gasteiger partial charge in [0.1, 0.15) is 5.75 Å². The minimum absolute atomic E-state index is 0.132. The summed E-state index contributed by atoms with van der Waals surface area (Å²) in [6, 6.07) is 23.2. The molecule has 0 radical (unpaired) electrons. The van der Waals surface area contributed by atoms with Crippen LogP contribution >= 0.6 is 0 Å². The zero-order valence-electron chi connectivity index (χ0n) is 25.3. The topological polar surface area (TPSA) is 9.23 Å². The standard InChI is InChI=1S/C38H52O/c1-5-8-10-12-14-16-26-38(27-17-15-13-11-9-6-2)36-28-30(4)18-24-34(36)35-25-21-32(29-37(35)38)31-19-22-33(23-20-31)39-7-3/h18-25,28-29H,5-17,26-27H2,1-4H3. The van der Waals surface area contributed by atoms with E-state index in [0.717, 1.165) is 5.75 Å². The molecule has 1 aliphatic carbocycles. The van der Waals surface area contributed by atoms with Crippen LogP contribution in [-0.4, -0.2) is 6.61 Å². The van der Waals surface area contributed by atoms with Crippen molar-refractivity contribution in [2.24, 2.45) is 0 Å². The third-order valence-corrected chi connectivity index (χ3v) is 8.93. The maximum Gasteiger partial charge on any atom is 0.119 e. The quantitative estimate of drug-likeness (QED) is 0.160. The van der Waals surface area contributed by atoms with Gasteiger partial charge in [0.2, 0.25) is 0 Å². The Kier molecular flexibility index (Phi) is 11.1. The molecule has 1 aliphatic rings. The molecule has 0 saturated carbocycles. The van der Waals surface area contributed by atoms with Gasteiger partial charge in [0.15, 0.2) is 0 Å². The van der Waals surface area contributed by atoms with E-state index in [1.165, 1.54) is 118 Å². The minimum Gasteiger partial charge on any atom is -0.494 e. The first-order chi connectivity index (χ1) is 19.1. The summed E-state index contributed by atoms with van der Waals surface area (Å²) >= 11 is 0. The molecule has 1 nitrogen and oxygen atoms in total. The second kappa shape index (κ2) is 14.7. The Morgan fingerprint density at radius 1 is 0.538 bits per heavy atom. The zero-order valence-corrected chi connectivity index (χ0v) is 25.3. The summed E-state index contributed by atoms with van der Waals surface area (Å²) in [4.78, 5) is 0. The Morgan fingerprint density at radius 2 is 1.05 bits per heavy atom. The van der Waals surface area contributed by atoms with Gasteiger partial charge in [-0.05, 0) is 78.3 Å². The maximum atomic E-state index is 5.72. The largest absolute Gasteiger partial charge is 0.494 e. The van der Waals surface area contributed by atoms with Crippen molar-refractivity contribution in [3.8, 4) is 28.0 Å². The number of ether oxygens (including phenoxy) is 1. The highest BCUT2D eigenvalue weighted by molar-refractivity contribution is 5.84. The fraction of sp³-hybridized carbons (Fsp3) is 0.526. The van der Waals surface area contributed by atoms with Crippen LogP contribution < -0.4 is 4.74 Å². The van der Waals surface area contributed by atoms with Gasteiger partial charge in [0.05, 0.1) is 6.61 Å². The molecule has 0 spiro atoms. The molecular weight excluding hydrogens is 472 g/mol. The lowest BCUT2D eigenvalue weighted by atomic mass is 9.70. The first-order valence-electron chi connectivity index (χ1n) is 16.1. The molecule has 0 N–H and O–H groups in total. The van der Waals surface area contributed by atoms with E-state index in [0.29, 0.717) is 6.61 Å². The first-order valence-corrected chi connectivity index (χ1v) is 16.1. The number of aryl methyl sites for hydroxylation is 1. The van der Waals surface area contributed by atoms with Gasteiger partial charge < -0.3 is 4.74 Å². The minimum atomic E-state index is 0.132. The normalized spacial score (nSPS) is 13.3. The van der Waals surface area contributed by atoms with Gasteiger partial charge in [-0.1, -0.05) is 139 Å². The molecule has 0 atom stereocenters. The van der Waals surface area contributed by atoms with E-state index in [1.807, 2.05) is 6.92 Å². The zero-order chi connectivity index (χ0) is 27.5. The Labute approximate surface area is 239 Å². The summed E-state index contributed by atoms with van der Waals surface area (Å²) in [7, 11) is 0. The number of hydrogen-bond acceptors (Lipinski definition) is 1. The van der Waals surface area contributed by atoms with Gasteiger partial charge in [-0.15, -0.1) is 0 Å². The van der Waals surface area contributed by atoms with Crippen LogP contribution in [0.2, 0.25) is 0 Å². The lowest BCUT2D eigenvalue weighted by Crippen LogP contribution is -2.25. The Balaban J connectivity index is 1.68. The predicted molar refractivity (Wildman–Crippen MR) is 170 cm³/mol. The van der Waals surface area contributed by atoms with Gasteiger partial charge in [0, 0.05) is 5.41 Å². The van der Waals surface area contributed by atoms with Crippen LogP contribution in [0.5, 0.6) is 5.75 Å². The average molecular weight is 525 g/mol. The van der Waals surface area contributed by atoms with Crippen LogP contribution in [0, 0.1) is 6.92 Å². The van der Waals surface area contributed by atoms with Crippen LogP contribution in [0.25, 0.3) is 22.3 Å². The molecule has 3 aromatic carbocycles. The highest BCUT2D eigenvalue weighted by atomic mass is 16.5.